The van der Waals surface area contributed by atoms with E-state index in [1.165, 1.54) is 12.8 Å². The molecule has 4 nitrogen and oxygen atoms in total. The summed E-state index contributed by atoms with van der Waals surface area (Å²) in [4.78, 5) is 23.0. The quantitative estimate of drug-likeness (QED) is 0.789. The van der Waals surface area contributed by atoms with Gasteiger partial charge >= 0.3 is 5.97 Å². The maximum atomic E-state index is 12.1. The van der Waals surface area contributed by atoms with Gasteiger partial charge in [-0.1, -0.05) is 19.8 Å². The lowest BCUT2D eigenvalue weighted by atomic mass is 9.81. The van der Waals surface area contributed by atoms with Crippen molar-refractivity contribution < 1.29 is 14.7 Å². The van der Waals surface area contributed by atoms with Crippen molar-refractivity contribution in [3.8, 4) is 0 Å². The van der Waals surface area contributed by atoms with Gasteiger partial charge in [-0.2, -0.15) is 0 Å². The highest BCUT2D eigenvalue weighted by atomic mass is 16.4. The van der Waals surface area contributed by atoms with Crippen molar-refractivity contribution in [2.45, 2.75) is 57.9 Å². The van der Waals surface area contributed by atoms with Gasteiger partial charge in [-0.15, -0.1) is 0 Å². The van der Waals surface area contributed by atoms with E-state index < -0.39 is 5.97 Å². The monoisotopic (exact) mass is 253 g/mol. The molecule has 0 aromatic rings. The van der Waals surface area contributed by atoms with Gasteiger partial charge in [0.05, 0.1) is 5.92 Å². The second-order valence-electron chi connectivity index (χ2n) is 5.80. The van der Waals surface area contributed by atoms with Gasteiger partial charge < -0.3 is 10.4 Å². The molecule has 4 atom stereocenters. The molecular formula is C14H23NO3. The van der Waals surface area contributed by atoms with Crippen molar-refractivity contribution in [3.05, 3.63) is 0 Å². The Morgan fingerprint density at radius 1 is 1.22 bits per heavy atom. The molecule has 0 spiro atoms. The molecule has 0 heterocycles. The van der Waals surface area contributed by atoms with E-state index in [0.717, 1.165) is 25.7 Å². The predicted molar refractivity (Wildman–Crippen MR) is 68.0 cm³/mol. The zero-order valence-corrected chi connectivity index (χ0v) is 11.0. The largest absolute Gasteiger partial charge is 0.481 e. The molecule has 0 bridgehead atoms. The minimum Gasteiger partial charge on any atom is -0.481 e. The van der Waals surface area contributed by atoms with Gasteiger partial charge in [0.15, 0.2) is 0 Å². The molecule has 0 aromatic carbocycles. The lowest BCUT2D eigenvalue weighted by Crippen LogP contribution is -2.37. The highest BCUT2D eigenvalue weighted by Gasteiger charge is 2.39. The number of hydrogen-bond acceptors (Lipinski definition) is 2. The molecule has 4 unspecified atom stereocenters. The van der Waals surface area contributed by atoms with E-state index in [0.29, 0.717) is 18.4 Å². The van der Waals surface area contributed by atoms with Crippen molar-refractivity contribution in [1.29, 1.82) is 0 Å². The SMILES string of the molecule is CCCC1CC1NC(=O)C1CCCC(C(=O)O)C1. The summed E-state index contributed by atoms with van der Waals surface area (Å²) in [5, 5.41) is 12.1. The molecule has 1 amide bonds. The summed E-state index contributed by atoms with van der Waals surface area (Å²) in [6.07, 6.45) is 6.41. The number of carboxylic acid groups (broad SMARTS) is 1. The molecule has 0 aromatic heterocycles. The van der Waals surface area contributed by atoms with Crippen LogP contribution in [0.15, 0.2) is 0 Å². The van der Waals surface area contributed by atoms with Crippen LogP contribution in [0.5, 0.6) is 0 Å². The van der Waals surface area contributed by atoms with Crippen LogP contribution in [-0.2, 0) is 9.59 Å². The van der Waals surface area contributed by atoms with Crippen molar-refractivity contribution in [3.63, 3.8) is 0 Å². The number of carbonyl (C=O) groups excluding carboxylic acids is 1. The van der Waals surface area contributed by atoms with Gasteiger partial charge in [0.25, 0.3) is 0 Å². The zero-order chi connectivity index (χ0) is 13.1. The molecule has 0 radical (unpaired) electrons. The first-order valence-electron chi connectivity index (χ1n) is 7.15. The Kier molecular flexibility index (Phi) is 4.25. The summed E-state index contributed by atoms with van der Waals surface area (Å²) in [5.41, 5.74) is 0. The van der Waals surface area contributed by atoms with Crippen LogP contribution >= 0.6 is 0 Å². The van der Waals surface area contributed by atoms with Gasteiger partial charge in [0.2, 0.25) is 5.91 Å². The Bertz CT molecular complexity index is 329. The smallest absolute Gasteiger partial charge is 0.306 e. The summed E-state index contributed by atoms with van der Waals surface area (Å²) in [5.74, 6) is -0.395. The van der Waals surface area contributed by atoms with Crippen LogP contribution in [-0.4, -0.2) is 23.0 Å². The number of hydrogen-bond donors (Lipinski definition) is 2. The van der Waals surface area contributed by atoms with Gasteiger partial charge in [-0.3, -0.25) is 9.59 Å². The number of amides is 1. The standard InChI is InChI=1S/C14H23NO3/c1-2-4-9-8-12(9)15-13(16)10-5-3-6-11(7-10)14(17)18/h9-12H,2-8H2,1H3,(H,15,16)(H,17,18). The molecule has 0 saturated heterocycles. The van der Waals surface area contributed by atoms with Gasteiger partial charge in [0.1, 0.15) is 0 Å². The first-order chi connectivity index (χ1) is 8.61. The van der Waals surface area contributed by atoms with E-state index in [1.54, 1.807) is 0 Å². The molecule has 102 valence electrons. The molecule has 4 heteroatoms. The molecule has 18 heavy (non-hydrogen) atoms. The zero-order valence-electron chi connectivity index (χ0n) is 11.0. The van der Waals surface area contributed by atoms with Crippen LogP contribution in [0.2, 0.25) is 0 Å². The van der Waals surface area contributed by atoms with Crippen LogP contribution in [0.3, 0.4) is 0 Å². The predicted octanol–water partition coefficient (Wildman–Crippen LogP) is 2.18. The Balaban J connectivity index is 1.77. The number of carboxylic acids is 1. The number of rotatable bonds is 5. The molecule has 2 aliphatic carbocycles. The van der Waals surface area contributed by atoms with Gasteiger partial charge in [0, 0.05) is 12.0 Å². The van der Waals surface area contributed by atoms with Crippen LogP contribution in [0.25, 0.3) is 0 Å². The van der Waals surface area contributed by atoms with Crippen molar-refractivity contribution in [2.24, 2.45) is 17.8 Å². The maximum absolute atomic E-state index is 12.1. The second-order valence-corrected chi connectivity index (χ2v) is 5.80. The Labute approximate surface area is 108 Å². The van der Waals surface area contributed by atoms with Crippen molar-refractivity contribution in [1.82, 2.24) is 5.32 Å². The average Bonchev–Trinajstić information content (AvgIpc) is 3.08. The number of aliphatic carboxylic acids is 1. The first-order valence-corrected chi connectivity index (χ1v) is 7.15. The van der Waals surface area contributed by atoms with E-state index in [1.807, 2.05) is 0 Å². The number of nitrogens with one attached hydrogen (secondary N) is 1. The van der Waals surface area contributed by atoms with E-state index in [9.17, 15) is 9.59 Å². The lowest BCUT2D eigenvalue weighted by Gasteiger charge is -2.25. The molecule has 0 aliphatic heterocycles. The summed E-state index contributed by atoms with van der Waals surface area (Å²) >= 11 is 0. The Morgan fingerprint density at radius 2 is 1.94 bits per heavy atom. The topological polar surface area (TPSA) is 66.4 Å². The molecule has 2 N–H and O–H groups in total. The van der Waals surface area contributed by atoms with Crippen LogP contribution in [0, 0.1) is 17.8 Å². The molecule has 2 fully saturated rings. The molecule has 2 saturated carbocycles. The lowest BCUT2D eigenvalue weighted by molar-refractivity contribution is -0.144. The summed E-state index contributed by atoms with van der Waals surface area (Å²) in [6.45, 7) is 2.16. The van der Waals surface area contributed by atoms with Gasteiger partial charge in [-0.25, -0.2) is 0 Å². The number of carbonyl (C=O) groups is 2. The Morgan fingerprint density at radius 3 is 2.61 bits per heavy atom. The molecule has 2 rings (SSSR count). The van der Waals surface area contributed by atoms with E-state index in [-0.39, 0.29) is 17.7 Å². The second kappa shape index (κ2) is 5.72. The third kappa shape index (κ3) is 3.24. The Hall–Kier alpha value is -1.06. The normalized spacial score (nSPS) is 34.9. The fraction of sp³-hybridized carbons (Fsp3) is 0.857. The minimum atomic E-state index is -0.747. The van der Waals surface area contributed by atoms with Crippen molar-refractivity contribution in [2.75, 3.05) is 0 Å². The summed E-state index contributed by atoms with van der Waals surface area (Å²) in [6, 6.07) is 0.364. The average molecular weight is 253 g/mol. The summed E-state index contributed by atoms with van der Waals surface area (Å²) < 4.78 is 0. The third-order valence-corrected chi connectivity index (χ3v) is 4.30. The van der Waals surface area contributed by atoms with Crippen LogP contribution in [0.1, 0.15) is 51.9 Å². The fourth-order valence-electron chi connectivity index (χ4n) is 3.07. The van der Waals surface area contributed by atoms with Gasteiger partial charge in [-0.05, 0) is 38.0 Å². The fourth-order valence-corrected chi connectivity index (χ4v) is 3.07. The molecular weight excluding hydrogens is 230 g/mol. The van der Waals surface area contributed by atoms with Crippen molar-refractivity contribution >= 4 is 11.9 Å². The van der Waals surface area contributed by atoms with E-state index in [4.69, 9.17) is 5.11 Å². The highest BCUT2D eigenvalue weighted by Crippen LogP contribution is 2.36. The third-order valence-electron chi connectivity index (χ3n) is 4.30. The first kappa shape index (κ1) is 13.4. The summed E-state index contributed by atoms with van der Waals surface area (Å²) in [7, 11) is 0. The van der Waals surface area contributed by atoms with E-state index in [2.05, 4.69) is 12.2 Å². The highest BCUT2D eigenvalue weighted by molar-refractivity contribution is 5.80. The van der Waals surface area contributed by atoms with E-state index >= 15 is 0 Å². The molecule has 2 aliphatic rings. The van der Waals surface area contributed by atoms with Crippen LogP contribution < -0.4 is 5.32 Å². The minimum absolute atomic E-state index is 0.0808. The maximum Gasteiger partial charge on any atom is 0.306 e. The van der Waals surface area contributed by atoms with Crippen LogP contribution in [0.4, 0.5) is 0 Å².